The molecule has 1 heterocycles. The van der Waals surface area contributed by atoms with E-state index in [4.69, 9.17) is 4.74 Å². The van der Waals surface area contributed by atoms with Gasteiger partial charge in [0.25, 0.3) is 0 Å². The van der Waals surface area contributed by atoms with E-state index in [1.54, 1.807) is 12.1 Å². The summed E-state index contributed by atoms with van der Waals surface area (Å²) in [6, 6.07) is 5.38. The number of rotatable bonds is 3. The van der Waals surface area contributed by atoms with Gasteiger partial charge in [-0.25, -0.2) is 9.18 Å². The minimum atomic E-state index is -0.445. The normalized spacial score (nSPS) is 15.0. The molecule has 2 rings (SSSR count). The van der Waals surface area contributed by atoms with E-state index < -0.39 is 6.03 Å². The maximum atomic E-state index is 12.9. The number of likely N-dealkylation sites (tertiary alicyclic amines) is 1. The molecule has 1 saturated heterocycles. The first-order chi connectivity index (χ1) is 8.19. The molecular formula is C11H11FN2O3. The third-order valence-corrected chi connectivity index (χ3v) is 2.42. The van der Waals surface area contributed by atoms with Crippen molar-refractivity contribution in [1.29, 1.82) is 0 Å². The highest BCUT2D eigenvalue weighted by molar-refractivity contribution is 5.85. The summed E-state index contributed by atoms with van der Waals surface area (Å²) in [6.45, 7) is 0.770. The number of urea groups is 1. The van der Waals surface area contributed by atoms with Crippen LogP contribution >= 0.6 is 0 Å². The minimum Gasteiger partial charge on any atom is -0.487 e. The molecule has 90 valence electrons. The van der Waals surface area contributed by atoms with Gasteiger partial charge in [0.1, 0.15) is 17.7 Å². The van der Waals surface area contributed by atoms with Gasteiger partial charge in [-0.2, -0.15) is 0 Å². The lowest BCUT2D eigenvalue weighted by Gasteiger charge is -2.38. The highest BCUT2D eigenvalue weighted by Gasteiger charge is 2.32. The summed E-state index contributed by atoms with van der Waals surface area (Å²) in [4.78, 5) is 22.6. The summed E-state index contributed by atoms with van der Waals surface area (Å²) in [5.41, 5.74) is 0. The van der Waals surface area contributed by atoms with Crippen LogP contribution < -0.4 is 10.1 Å². The van der Waals surface area contributed by atoms with Gasteiger partial charge < -0.3 is 9.64 Å². The van der Waals surface area contributed by atoms with E-state index in [9.17, 15) is 14.0 Å². The number of benzene rings is 1. The summed E-state index contributed by atoms with van der Waals surface area (Å²) < 4.78 is 18.3. The van der Waals surface area contributed by atoms with Crippen molar-refractivity contribution in [1.82, 2.24) is 10.2 Å². The van der Waals surface area contributed by atoms with Gasteiger partial charge in [-0.15, -0.1) is 0 Å². The quantitative estimate of drug-likeness (QED) is 0.791. The smallest absolute Gasteiger partial charge is 0.324 e. The fourth-order valence-corrected chi connectivity index (χ4v) is 1.55. The molecule has 3 amide bonds. The number of amides is 3. The van der Waals surface area contributed by atoms with Gasteiger partial charge in [0.2, 0.25) is 6.41 Å². The van der Waals surface area contributed by atoms with Crippen LogP contribution in [0.1, 0.15) is 0 Å². The number of carbonyl (C=O) groups excluding carboxylic acids is 2. The van der Waals surface area contributed by atoms with E-state index in [0.717, 1.165) is 0 Å². The molecule has 1 N–H and O–H groups in total. The standard InChI is InChI=1S/C11H11FN2O3/c12-8-2-1-3-9(4-8)17-10-5-14(6-10)11(16)13-7-15/h1-4,7,10H,5-6H2,(H,13,15,16). The molecule has 1 aliphatic rings. The Balaban J connectivity index is 1.81. The number of nitrogens with zero attached hydrogens (tertiary/aromatic N) is 1. The van der Waals surface area contributed by atoms with Gasteiger partial charge in [-0.05, 0) is 12.1 Å². The third-order valence-electron chi connectivity index (χ3n) is 2.42. The molecule has 0 radical (unpaired) electrons. The Morgan fingerprint density at radius 1 is 1.53 bits per heavy atom. The summed E-state index contributed by atoms with van der Waals surface area (Å²) in [7, 11) is 0. The van der Waals surface area contributed by atoms with Gasteiger partial charge in [0, 0.05) is 6.07 Å². The Morgan fingerprint density at radius 2 is 2.29 bits per heavy atom. The first-order valence-electron chi connectivity index (χ1n) is 5.10. The average molecular weight is 238 g/mol. The van der Waals surface area contributed by atoms with E-state index in [0.29, 0.717) is 25.2 Å². The second kappa shape index (κ2) is 4.82. The Hall–Kier alpha value is -2.11. The fraction of sp³-hybridized carbons (Fsp3) is 0.273. The largest absolute Gasteiger partial charge is 0.487 e. The molecule has 0 spiro atoms. The van der Waals surface area contributed by atoms with E-state index in [1.807, 2.05) is 5.32 Å². The van der Waals surface area contributed by atoms with Crippen LogP contribution in [0.4, 0.5) is 9.18 Å². The fourth-order valence-electron chi connectivity index (χ4n) is 1.55. The van der Waals surface area contributed by atoms with Gasteiger partial charge in [0.05, 0.1) is 13.1 Å². The van der Waals surface area contributed by atoms with Crippen LogP contribution in [0.3, 0.4) is 0 Å². The number of hydrogen-bond donors (Lipinski definition) is 1. The Morgan fingerprint density at radius 3 is 2.94 bits per heavy atom. The average Bonchev–Trinajstić information content (AvgIpc) is 2.23. The van der Waals surface area contributed by atoms with Crippen molar-refractivity contribution in [3.8, 4) is 5.75 Å². The zero-order valence-electron chi connectivity index (χ0n) is 8.93. The highest BCUT2D eigenvalue weighted by atomic mass is 19.1. The summed E-state index contributed by atoms with van der Waals surface area (Å²) in [5, 5.41) is 2.03. The molecule has 0 saturated carbocycles. The Kier molecular flexibility index (Phi) is 3.22. The van der Waals surface area contributed by atoms with Gasteiger partial charge in [0.15, 0.2) is 0 Å². The van der Waals surface area contributed by atoms with Crippen molar-refractivity contribution >= 4 is 12.4 Å². The van der Waals surface area contributed by atoms with Crippen molar-refractivity contribution in [3.05, 3.63) is 30.1 Å². The van der Waals surface area contributed by atoms with Crippen LogP contribution in [0.25, 0.3) is 0 Å². The monoisotopic (exact) mass is 238 g/mol. The number of ether oxygens (including phenoxy) is 1. The third kappa shape index (κ3) is 2.72. The maximum Gasteiger partial charge on any atom is 0.324 e. The number of halogens is 1. The molecule has 0 unspecified atom stereocenters. The molecule has 1 fully saturated rings. The first kappa shape index (κ1) is 11.4. The van der Waals surface area contributed by atoms with E-state index in [2.05, 4.69) is 0 Å². The van der Waals surface area contributed by atoms with Crippen molar-refractivity contribution in [2.45, 2.75) is 6.10 Å². The molecule has 6 heteroatoms. The lowest BCUT2D eigenvalue weighted by Crippen LogP contribution is -2.58. The molecule has 17 heavy (non-hydrogen) atoms. The van der Waals surface area contributed by atoms with Gasteiger partial charge >= 0.3 is 6.03 Å². The summed E-state index contributed by atoms with van der Waals surface area (Å²) in [6.07, 6.45) is 0.178. The van der Waals surface area contributed by atoms with Gasteiger partial charge in [-0.1, -0.05) is 6.07 Å². The topological polar surface area (TPSA) is 58.6 Å². The highest BCUT2D eigenvalue weighted by Crippen LogP contribution is 2.18. The zero-order chi connectivity index (χ0) is 12.3. The molecule has 0 atom stereocenters. The van der Waals surface area contributed by atoms with E-state index >= 15 is 0 Å². The number of nitrogens with one attached hydrogen (secondary N) is 1. The number of hydrogen-bond acceptors (Lipinski definition) is 3. The Labute approximate surface area is 97.2 Å². The van der Waals surface area contributed by atoms with Crippen LogP contribution in [0, 0.1) is 5.82 Å². The number of imide groups is 1. The van der Waals surface area contributed by atoms with Crippen LogP contribution in [0.5, 0.6) is 5.75 Å². The van der Waals surface area contributed by atoms with Gasteiger partial charge in [-0.3, -0.25) is 10.1 Å². The molecule has 0 aliphatic carbocycles. The first-order valence-corrected chi connectivity index (χ1v) is 5.10. The SMILES string of the molecule is O=CNC(=O)N1CC(Oc2cccc(F)c2)C1. The van der Waals surface area contributed by atoms with Crippen LogP contribution in [0.15, 0.2) is 24.3 Å². The van der Waals surface area contributed by atoms with Crippen molar-refractivity contribution in [3.63, 3.8) is 0 Å². The summed E-state index contributed by atoms with van der Waals surface area (Å²) in [5.74, 6) is 0.0721. The molecule has 1 aromatic rings. The molecular weight excluding hydrogens is 227 g/mol. The summed E-state index contributed by atoms with van der Waals surface area (Å²) >= 11 is 0. The number of carbonyl (C=O) groups is 2. The Bertz CT molecular complexity index is 432. The lowest BCUT2D eigenvalue weighted by atomic mass is 10.2. The molecule has 1 aliphatic heterocycles. The lowest BCUT2D eigenvalue weighted by molar-refractivity contribution is -0.109. The molecule has 0 bridgehead atoms. The van der Waals surface area contributed by atoms with E-state index in [-0.39, 0.29) is 11.9 Å². The van der Waals surface area contributed by atoms with Crippen LogP contribution in [0.2, 0.25) is 0 Å². The predicted octanol–water partition coefficient (Wildman–Crippen LogP) is 0.755. The van der Waals surface area contributed by atoms with Crippen molar-refractivity contribution in [2.75, 3.05) is 13.1 Å². The zero-order valence-corrected chi connectivity index (χ0v) is 8.93. The molecule has 1 aromatic carbocycles. The molecule has 5 nitrogen and oxygen atoms in total. The predicted molar refractivity (Wildman–Crippen MR) is 57.0 cm³/mol. The van der Waals surface area contributed by atoms with Crippen molar-refractivity contribution < 1.29 is 18.7 Å². The maximum absolute atomic E-state index is 12.9. The van der Waals surface area contributed by atoms with Crippen LogP contribution in [-0.2, 0) is 4.79 Å². The van der Waals surface area contributed by atoms with Crippen LogP contribution in [-0.4, -0.2) is 36.5 Å². The van der Waals surface area contributed by atoms with Crippen molar-refractivity contribution in [2.24, 2.45) is 0 Å². The second-order valence-electron chi connectivity index (χ2n) is 3.67. The minimum absolute atomic E-state index is 0.158. The molecule has 0 aromatic heterocycles. The second-order valence-corrected chi connectivity index (χ2v) is 3.67. The van der Waals surface area contributed by atoms with E-state index in [1.165, 1.54) is 17.0 Å².